The predicted molar refractivity (Wildman–Crippen MR) is 137 cm³/mol. The highest BCUT2D eigenvalue weighted by atomic mass is 16.5. The van der Waals surface area contributed by atoms with Crippen molar-refractivity contribution in [2.24, 2.45) is 10.9 Å². The summed E-state index contributed by atoms with van der Waals surface area (Å²) in [5.41, 5.74) is 9.46. The van der Waals surface area contributed by atoms with Crippen LogP contribution in [0.4, 0.5) is 17.2 Å². The molecule has 9 heteroatoms. The predicted octanol–water partition coefficient (Wildman–Crippen LogP) is 4.53. The maximum atomic E-state index is 12.8. The molecular weight excluding hydrogens is 458 g/mol. The largest absolute Gasteiger partial charge is 0.481 e. The van der Waals surface area contributed by atoms with Gasteiger partial charge in [0.15, 0.2) is 11.5 Å². The number of fused-ring (bicyclic) bond motifs is 1. The van der Waals surface area contributed by atoms with Gasteiger partial charge < -0.3 is 20.5 Å². The topological polar surface area (TPSA) is 131 Å². The highest BCUT2D eigenvalue weighted by Gasteiger charge is 2.37. The fraction of sp³-hybridized carbons (Fsp3) is 0.519. The Bertz CT molecular complexity index is 1250. The molecular formula is C27H33N5O4. The molecule has 1 saturated heterocycles. The van der Waals surface area contributed by atoms with E-state index >= 15 is 0 Å². The van der Waals surface area contributed by atoms with E-state index in [1.165, 1.54) is 0 Å². The van der Waals surface area contributed by atoms with Gasteiger partial charge in [0, 0.05) is 30.6 Å². The van der Waals surface area contributed by atoms with E-state index in [1.54, 1.807) is 6.92 Å². The number of benzene rings is 1. The summed E-state index contributed by atoms with van der Waals surface area (Å²) in [6.07, 6.45) is 5.22. The maximum absolute atomic E-state index is 12.8. The van der Waals surface area contributed by atoms with Gasteiger partial charge in [-0.1, -0.05) is 12.1 Å². The van der Waals surface area contributed by atoms with E-state index < -0.39 is 11.6 Å². The van der Waals surface area contributed by atoms with E-state index in [1.807, 2.05) is 24.8 Å². The summed E-state index contributed by atoms with van der Waals surface area (Å²) in [4.78, 5) is 39.3. The van der Waals surface area contributed by atoms with Crippen LogP contribution in [0.1, 0.15) is 81.7 Å². The number of hydrogen-bond donors (Lipinski definition) is 2. The van der Waals surface area contributed by atoms with Crippen molar-refractivity contribution in [3.8, 4) is 5.88 Å². The summed E-state index contributed by atoms with van der Waals surface area (Å²) in [6.45, 7) is 6.35. The second-order valence-corrected chi connectivity index (χ2v) is 10.6. The van der Waals surface area contributed by atoms with Crippen molar-refractivity contribution in [3.63, 3.8) is 0 Å². The average Bonchev–Trinajstić information content (AvgIpc) is 3.23. The summed E-state index contributed by atoms with van der Waals surface area (Å²) in [6, 6.07) is 6.21. The number of carboxylic acid groups (broad SMARTS) is 1. The number of aryl methyl sites for hydroxylation is 1. The second kappa shape index (κ2) is 9.19. The minimum absolute atomic E-state index is 0.132. The van der Waals surface area contributed by atoms with Crippen LogP contribution in [0.15, 0.2) is 23.2 Å². The van der Waals surface area contributed by atoms with Gasteiger partial charge in [0.2, 0.25) is 11.8 Å². The Morgan fingerprint density at radius 2 is 1.97 bits per heavy atom. The van der Waals surface area contributed by atoms with Gasteiger partial charge in [-0.2, -0.15) is 4.98 Å². The van der Waals surface area contributed by atoms with Crippen LogP contribution in [0.25, 0.3) is 0 Å². The molecule has 3 heterocycles. The summed E-state index contributed by atoms with van der Waals surface area (Å²) >= 11 is 0. The van der Waals surface area contributed by atoms with Crippen molar-refractivity contribution >= 4 is 34.8 Å². The number of carboxylic acids is 1. The van der Waals surface area contributed by atoms with Crippen LogP contribution in [-0.2, 0) is 9.59 Å². The Labute approximate surface area is 210 Å². The first-order valence-corrected chi connectivity index (χ1v) is 12.7. The molecule has 1 amide bonds. The van der Waals surface area contributed by atoms with Crippen LogP contribution in [0, 0.1) is 12.8 Å². The summed E-state index contributed by atoms with van der Waals surface area (Å²) in [5, 5.41) is 9.17. The smallest absolute Gasteiger partial charge is 0.303 e. The Kier molecular flexibility index (Phi) is 6.18. The number of carbonyl (C=O) groups is 2. The number of rotatable bonds is 5. The molecule has 3 aliphatic rings. The van der Waals surface area contributed by atoms with Crippen molar-refractivity contribution in [1.82, 2.24) is 9.97 Å². The highest BCUT2D eigenvalue weighted by Crippen LogP contribution is 2.44. The lowest BCUT2D eigenvalue weighted by atomic mass is 9.76. The van der Waals surface area contributed by atoms with Gasteiger partial charge in [0.25, 0.3) is 0 Å². The molecule has 9 nitrogen and oxygen atoms in total. The quantitative estimate of drug-likeness (QED) is 0.628. The Hall–Kier alpha value is -3.49. The molecule has 1 aromatic heterocycles. The highest BCUT2D eigenvalue weighted by molar-refractivity contribution is 6.10. The van der Waals surface area contributed by atoms with Crippen LogP contribution in [-0.4, -0.2) is 44.8 Å². The fourth-order valence-corrected chi connectivity index (χ4v) is 5.78. The van der Waals surface area contributed by atoms with Crippen molar-refractivity contribution in [2.75, 3.05) is 17.2 Å². The van der Waals surface area contributed by atoms with Crippen LogP contribution in [0.5, 0.6) is 5.88 Å². The van der Waals surface area contributed by atoms with E-state index in [0.29, 0.717) is 36.1 Å². The number of nitrogen functional groups attached to an aromatic ring is 1. The molecule has 190 valence electrons. The van der Waals surface area contributed by atoms with Crippen LogP contribution in [0.3, 0.4) is 0 Å². The van der Waals surface area contributed by atoms with Gasteiger partial charge in [0.1, 0.15) is 11.4 Å². The molecule has 2 aliphatic heterocycles. The minimum Gasteiger partial charge on any atom is -0.481 e. The SMILES string of the molecule is Cc1nc(N)c2c(n1)OC(C)(C)C(c1ccc([C@H]3CC[C@H](CC(=O)O)CC3)c(N3CCCC3=O)c1)=N2. The molecule has 1 aliphatic carbocycles. The Morgan fingerprint density at radius 1 is 1.22 bits per heavy atom. The average molecular weight is 492 g/mol. The third-order valence-electron chi connectivity index (χ3n) is 7.55. The number of ether oxygens (including phenoxy) is 1. The van der Waals surface area contributed by atoms with Gasteiger partial charge in [-0.25, -0.2) is 9.98 Å². The molecule has 3 N–H and O–H groups in total. The van der Waals surface area contributed by atoms with Crippen molar-refractivity contribution in [3.05, 3.63) is 35.2 Å². The first-order chi connectivity index (χ1) is 17.1. The van der Waals surface area contributed by atoms with E-state index in [0.717, 1.165) is 48.9 Å². The zero-order valence-electron chi connectivity index (χ0n) is 21.1. The zero-order chi connectivity index (χ0) is 25.6. The van der Waals surface area contributed by atoms with E-state index in [-0.39, 0.29) is 30.0 Å². The van der Waals surface area contributed by atoms with Crippen LogP contribution >= 0.6 is 0 Å². The zero-order valence-corrected chi connectivity index (χ0v) is 21.1. The molecule has 0 unspecified atom stereocenters. The number of aliphatic carboxylic acids is 1. The van der Waals surface area contributed by atoms with Gasteiger partial charge in [-0.3, -0.25) is 9.59 Å². The Morgan fingerprint density at radius 3 is 2.64 bits per heavy atom. The fourth-order valence-electron chi connectivity index (χ4n) is 5.78. The second-order valence-electron chi connectivity index (χ2n) is 10.6. The number of aliphatic imine (C=N–C) groups is 1. The third-order valence-corrected chi connectivity index (χ3v) is 7.55. The Balaban J connectivity index is 1.53. The standard InChI is InChI=1S/C27H33N5O4/c1-15-29-25(28)23-26(30-15)36-27(2,3)24(31-23)18-10-11-19(20(14-18)32-12-4-5-21(32)33)17-8-6-16(7-9-17)13-22(34)35/h10-11,14,16-17H,4-9,12-13H2,1-3H3,(H,34,35)(H2,28,29,30)/t16-,17-. The lowest BCUT2D eigenvalue weighted by molar-refractivity contribution is -0.138. The molecule has 0 bridgehead atoms. The van der Waals surface area contributed by atoms with Gasteiger partial charge in [0.05, 0.1) is 5.71 Å². The van der Waals surface area contributed by atoms with Crippen LogP contribution in [0.2, 0.25) is 0 Å². The lowest BCUT2D eigenvalue weighted by Gasteiger charge is -2.34. The maximum Gasteiger partial charge on any atom is 0.303 e. The van der Waals surface area contributed by atoms with Gasteiger partial charge in [-0.15, -0.1) is 0 Å². The molecule has 5 rings (SSSR count). The normalized spacial score (nSPS) is 23.1. The molecule has 1 saturated carbocycles. The monoisotopic (exact) mass is 491 g/mol. The van der Waals surface area contributed by atoms with Crippen molar-refractivity contribution in [2.45, 2.75) is 77.2 Å². The molecule has 2 fully saturated rings. The molecule has 0 spiro atoms. The summed E-state index contributed by atoms with van der Waals surface area (Å²) in [5.74, 6) is 1.09. The number of hydrogen-bond acceptors (Lipinski definition) is 7. The number of carbonyl (C=O) groups excluding carboxylic acids is 1. The van der Waals surface area contributed by atoms with Crippen LogP contribution < -0.4 is 15.4 Å². The van der Waals surface area contributed by atoms with Crippen molar-refractivity contribution in [1.29, 1.82) is 0 Å². The number of nitrogens with zero attached hydrogens (tertiary/aromatic N) is 4. The third kappa shape index (κ3) is 4.54. The van der Waals surface area contributed by atoms with E-state index in [4.69, 9.17) is 15.5 Å². The number of anilines is 2. The number of nitrogens with two attached hydrogens (primary N) is 1. The van der Waals surface area contributed by atoms with Crippen molar-refractivity contribution < 1.29 is 19.4 Å². The number of aromatic nitrogens is 2. The molecule has 0 atom stereocenters. The lowest BCUT2D eigenvalue weighted by Crippen LogP contribution is -2.41. The van der Waals surface area contributed by atoms with E-state index in [2.05, 4.69) is 22.1 Å². The van der Waals surface area contributed by atoms with Gasteiger partial charge in [-0.05, 0) is 76.3 Å². The first kappa shape index (κ1) is 24.2. The number of amides is 1. The molecule has 1 aromatic carbocycles. The first-order valence-electron chi connectivity index (χ1n) is 12.7. The molecule has 0 radical (unpaired) electrons. The summed E-state index contributed by atoms with van der Waals surface area (Å²) in [7, 11) is 0. The van der Waals surface area contributed by atoms with Gasteiger partial charge >= 0.3 is 5.97 Å². The summed E-state index contributed by atoms with van der Waals surface area (Å²) < 4.78 is 6.23. The minimum atomic E-state index is -0.761. The van der Waals surface area contributed by atoms with E-state index in [9.17, 15) is 14.7 Å². The molecule has 36 heavy (non-hydrogen) atoms. The molecule has 2 aromatic rings.